The molecule has 2 heterocycles. The molecule has 0 fully saturated rings. The van der Waals surface area contributed by atoms with Gasteiger partial charge in [0.05, 0.1) is 18.7 Å². The first-order chi connectivity index (χ1) is 16.0. The number of pyridine rings is 1. The largest absolute Gasteiger partial charge is 0.443 e. The van der Waals surface area contributed by atoms with E-state index in [-0.39, 0.29) is 29.8 Å². The van der Waals surface area contributed by atoms with E-state index in [2.05, 4.69) is 19.9 Å². The summed E-state index contributed by atoms with van der Waals surface area (Å²) in [5.41, 5.74) is 5.09. The summed E-state index contributed by atoms with van der Waals surface area (Å²) >= 11 is 0. The number of hydrogen-bond acceptors (Lipinski definition) is 9. The molecule has 1 aromatic carbocycles. The van der Waals surface area contributed by atoms with Crippen molar-refractivity contribution in [2.75, 3.05) is 0 Å². The maximum Gasteiger partial charge on any atom is 0.404 e. The highest BCUT2D eigenvalue weighted by atomic mass is 19.3. The van der Waals surface area contributed by atoms with Crippen LogP contribution >= 0.6 is 0 Å². The number of halogens is 2. The number of carbonyl (C=O) groups excluding carboxylic acids is 1. The average molecular weight is 478 g/mol. The number of aliphatic hydroxyl groups is 1. The number of carbonyl (C=O) groups is 1. The number of benzene rings is 1. The third-order valence-electron chi connectivity index (χ3n) is 4.60. The van der Waals surface area contributed by atoms with Gasteiger partial charge in [-0.3, -0.25) is 0 Å². The van der Waals surface area contributed by atoms with E-state index in [1.807, 2.05) is 0 Å². The molecule has 0 aliphatic rings. The van der Waals surface area contributed by atoms with Gasteiger partial charge in [0.2, 0.25) is 17.6 Å². The third kappa shape index (κ3) is 6.85. The Morgan fingerprint density at radius 1 is 1.21 bits per heavy atom. The van der Waals surface area contributed by atoms with Crippen molar-refractivity contribution in [1.29, 1.82) is 0 Å². The van der Waals surface area contributed by atoms with E-state index in [4.69, 9.17) is 19.7 Å². The van der Waals surface area contributed by atoms with Crippen LogP contribution < -0.4 is 15.2 Å². The number of alkyl halides is 2. The maximum absolute atomic E-state index is 12.3. The number of primary amides is 1. The van der Waals surface area contributed by atoms with Gasteiger partial charge in [0.15, 0.2) is 0 Å². The molecule has 1 amide bonds. The minimum atomic E-state index is -2.94. The van der Waals surface area contributed by atoms with Gasteiger partial charge in [-0.1, -0.05) is 38.1 Å². The van der Waals surface area contributed by atoms with Crippen molar-refractivity contribution in [3.63, 3.8) is 0 Å². The van der Waals surface area contributed by atoms with Gasteiger partial charge < -0.3 is 29.6 Å². The van der Waals surface area contributed by atoms with Crippen molar-refractivity contribution >= 4 is 6.09 Å². The minimum Gasteiger partial charge on any atom is -0.443 e. The van der Waals surface area contributed by atoms with Gasteiger partial charge >= 0.3 is 12.7 Å². The van der Waals surface area contributed by atoms with Crippen LogP contribution in [0.15, 0.2) is 47.1 Å². The Bertz CT molecular complexity index is 1100. The summed E-state index contributed by atoms with van der Waals surface area (Å²) in [5, 5.41) is 14.5. The Balaban J connectivity index is 1.72. The van der Waals surface area contributed by atoms with Crippen molar-refractivity contribution in [1.82, 2.24) is 15.1 Å². The summed E-state index contributed by atoms with van der Waals surface area (Å²) in [6.45, 7) is 2.41. The predicted octanol–water partition coefficient (Wildman–Crippen LogP) is 3.94. The number of nitrogens with two attached hydrogens (primary N) is 1. The third-order valence-corrected chi connectivity index (χ3v) is 4.60. The second-order valence-electron chi connectivity index (χ2n) is 8.34. The highest BCUT2D eigenvalue weighted by Crippen LogP contribution is 2.28. The molecule has 2 aromatic heterocycles. The van der Waals surface area contributed by atoms with E-state index in [0.717, 1.165) is 6.20 Å². The minimum absolute atomic E-state index is 0.0402. The molecule has 2 atom stereocenters. The van der Waals surface area contributed by atoms with Crippen LogP contribution in [0.5, 0.6) is 17.4 Å². The lowest BCUT2D eigenvalue weighted by Gasteiger charge is -2.31. The summed E-state index contributed by atoms with van der Waals surface area (Å²) in [6, 6.07) is 9.39. The van der Waals surface area contributed by atoms with E-state index in [1.54, 1.807) is 45.0 Å². The number of ether oxygens (including phenoxy) is 3. The standard InChI is InChI=1S/C22H24F2N4O6/c1-22(2,3)18(29)15(33-21(25)30)10-17-27-19(28-34-17)12-5-4-6-13(9-12)31-16-8-7-14(11-26-16)32-20(23)24/h4-9,11,15,18,20,29H,10H2,1-3H3,(H2,25,30)/t15-,18?/m0/s1. The monoisotopic (exact) mass is 478 g/mol. The second-order valence-corrected chi connectivity index (χ2v) is 8.34. The number of amides is 1. The van der Waals surface area contributed by atoms with Crippen molar-refractivity contribution in [2.24, 2.45) is 11.1 Å². The molecule has 0 saturated heterocycles. The molecule has 0 saturated carbocycles. The molecule has 3 N–H and O–H groups in total. The molecule has 0 spiro atoms. The van der Waals surface area contributed by atoms with Crippen LogP contribution in [0, 0.1) is 5.41 Å². The van der Waals surface area contributed by atoms with Crippen LogP contribution in [-0.4, -0.2) is 45.1 Å². The predicted molar refractivity (Wildman–Crippen MR) is 114 cm³/mol. The molecule has 0 aliphatic heterocycles. The second kappa shape index (κ2) is 10.4. The lowest BCUT2D eigenvalue weighted by molar-refractivity contribution is -0.0510. The Labute approximate surface area is 193 Å². The number of aromatic nitrogens is 3. The van der Waals surface area contributed by atoms with Crippen LogP contribution in [0.3, 0.4) is 0 Å². The molecule has 10 nitrogen and oxygen atoms in total. The maximum atomic E-state index is 12.3. The van der Waals surface area contributed by atoms with Crippen LogP contribution in [0.1, 0.15) is 26.7 Å². The summed E-state index contributed by atoms with van der Waals surface area (Å²) in [7, 11) is 0. The quantitative estimate of drug-likeness (QED) is 0.467. The Kier molecular flexibility index (Phi) is 7.61. The van der Waals surface area contributed by atoms with Gasteiger partial charge in [-0.15, -0.1) is 0 Å². The highest BCUT2D eigenvalue weighted by Gasteiger charge is 2.34. The van der Waals surface area contributed by atoms with Crippen LogP contribution in [-0.2, 0) is 11.2 Å². The first kappa shape index (κ1) is 24.8. The molecule has 12 heteroatoms. The lowest BCUT2D eigenvalue weighted by atomic mass is 9.85. The molecular formula is C22H24F2N4O6. The van der Waals surface area contributed by atoms with Crippen molar-refractivity contribution in [3.05, 3.63) is 48.5 Å². The van der Waals surface area contributed by atoms with Crippen molar-refractivity contribution < 1.29 is 37.4 Å². The zero-order valence-electron chi connectivity index (χ0n) is 18.6. The van der Waals surface area contributed by atoms with Crippen LogP contribution in [0.4, 0.5) is 13.6 Å². The van der Waals surface area contributed by atoms with E-state index >= 15 is 0 Å². The molecule has 3 rings (SSSR count). The molecule has 34 heavy (non-hydrogen) atoms. The fraction of sp³-hybridized carbons (Fsp3) is 0.364. The Morgan fingerprint density at radius 2 is 1.97 bits per heavy atom. The van der Waals surface area contributed by atoms with Gasteiger partial charge in [-0.2, -0.15) is 13.8 Å². The Hall–Kier alpha value is -3.80. The fourth-order valence-corrected chi connectivity index (χ4v) is 2.97. The van der Waals surface area contributed by atoms with Gasteiger partial charge in [-0.25, -0.2) is 9.78 Å². The highest BCUT2D eigenvalue weighted by molar-refractivity contribution is 5.65. The summed E-state index contributed by atoms with van der Waals surface area (Å²) in [4.78, 5) is 19.5. The lowest BCUT2D eigenvalue weighted by Crippen LogP contribution is -2.42. The first-order valence-electron chi connectivity index (χ1n) is 10.2. The zero-order chi connectivity index (χ0) is 24.9. The number of aliphatic hydroxyl groups excluding tert-OH is 1. The van der Waals surface area contributed by atoms with Crippen molar-refractivity contribution in [3.8, 4) is 28.8 Å². The molecule has 0 radical (unpaired) electrons. The smallest absolute Gasteiger partial charge is 0.404 e. The number of rotatable bonds is 9. The molecular weight excluding hydrogens is 454 g/mol. The molecule has 1 unspecified atom stereocenters. The van der Waals surface area contributed by atoms with Crippen LogP contribution in [0.25, 0.3) is 11.4 Å². The summed E-state index contributed by atoms with van der Waals surface area (Å²) in [5.74, 6) is 0.821. The van der Waals surface area contributed by atoms with E-state index in [9.17, 15) is 18.7 Å². The topological polar surface area (TPSA) is 143 Å². The fourth-order valence-electron chi connectivity index (χ4n) is 2.97. The first-order valence-corrected chi connectivity index (χ1v) is 10.2. The van der Waals surface area contributed by atoms with E-state index in [1.165, 1.54) is 12.1 Å². The zero-order valence-corrected chi connectivity index (χ0v) is 18.6. The average Bonchev–Trinajstić information content (AvgIpc) is 3.22. The van der Waals surface area contributed by atoms with Crippen LogP contribution in [0.2, 0.25) is 0 Å². The van der Waals surface area contributed by atoms with E-state index in [0.29, 0.717) is 11.3 Å². The molecule has 0 aliphatic carbocycles. The Morgan fingerprint density at radius 3 is 2.59 bits per heavy atom. The molecule has 3 aromatic rings. The number of hydrogen-bond donors (Lipinski definition) is 2. The number of nitrogens with zero attached hydrogens (tertiary/aromatic N) is 3. The van der Waals surface area contributed by atoms with Crippen molar-refractivity contribution in [2.45, 2.75) is 46.0 Å². The normalized spacial score (nSPS) is 13.4. The van der Waals surface area contributed by atoms with Gasteiger partial charge in [0.25, 0.3) is 0 Å². The van der Waals surface area contributed by atoms with Gasteiger partial charge in [0, 0.05) is 11.6 Å². The summed E-state index contributed by atoms with van der Waals surface area (Å²) in [6.07, 6.45) is -1.96. The van der Waals surface area contributed by atoms with E-state index < -0.39 is 30.3 Å². The van der Waals surface area contributed by atoms with Gasteiger partial charge in [0.1, 0.15) is 17.6 Å². The molecule has 0 bridgehead atoms. The summed E-state index contributed by atoms with van der Waals surface area (Å²) < 4.78 is 44.7. The SMILES string of the molecule is CC(C)(C)C(O)[C@H](Cc1nc(-c2cccc(Oc3ccc(OC(F)F)cn3)c2)no1)OC(N)=O. The van der Waals surface area contributed by atoms with Gasteiger partial charge in [-0.05, 0) is 23.6 Å². The molecule has 182 valence electrons.